The normalized spacial score (nSPS) is 13.5. The predicted octanol–water partition coefficient (Wildman–Crippen LogP) is 1.84. The van der Waals surface area contributed by atoms with Gasteiger partial charge in [0.05, 0.1) is 37.7 Å². The van der Waals surface area contributed by atoms with Crippen LogP contribution in [-0.4, -0.2) is 37.1 Å². The van der Waals surface area contributed by atoms with Crippen LogP contribution < -0.4 is 19.7 Å². The molecule has 0 saturated heterocycles. The lowest BCUT2D eigenvalue weighted by molar-refractivity contribution is -0.121. The minimum Gasteiger partial charge on any atom is -0.491 e. The molecule has 1 aromatic heterocycles. The van der Waals surface area contributed by atoms with Gasteiger partial charge < -0.3 is 14.8 Å². The number of para-hydroxylation sites is 2. The van der Waals surface area contributed by atoms with Crippen LogP contribution in [0.5, 0.6) is 11.6 Å². The van der Waals surface area contributed by atoms with E-state index in [0.717, 1.165) is 0 Å². The van der Waals surface area contributed by atoms with Gasteiger partial charge in [-0.3, -0.25) is 14.5 Å². The highest BCUT2D eigenvalue weighted by Gasteiger charge is 2.25. The molecule has 0 fully saturated rings. The van der Waals surface area contributed by atoms with Gasteiger partial charge in [0, 0.05) is 6.07 Å². The minimum absolute atomic E-state index is 0.0920. The van der Waals surface area contributed by atoms with Crippen LogP contribution in [0.1, 0.15) is 6.42 Å². The molecular formula is C17H17N3O4. The molecule has 24 heavy (non-hydrogen) atoms. The number of fused-ring (bicyclic) bond motifs is 1. The second-order valence-corrected chi connectivity index (χ2v) is 5.18. The smallest absolute Gasteiger partial charge is 0.244 e. The third-order valence-electron chi connectivity index (χ3n) is 3.56. The maximum Gasteiger partial charge on any atom is 0.244 e. The third-order valence-corrected chi connectivity index (χ3v) is 3.56. The van der Waals surface area contributed by atoms with Crippen LogP contribution >= 0.6 is 0 Å². The van der Waals surface area contributed by atoms with E-state index in [-0.39, 0.29) is 24.8 Å². The average Bonchev–Trinajstić information content (AvgIpc) is 2.75. The molecule has 0 spiro atoms. The van der Waals surface area contributed by atoms with Gasteiger partial charge in [-0.15, -0.1) is 0 Å². The number of amides is 2. The lowest BCUT2D eigenvalue weighted by atomic mass is 10.2. The largest absolute Gasteiger partial charge is 0.491 e. The van der Waals surface area contributed by atoms with Crippen molar-refractivity contribution in [3.8, 4) is 11.6 Å². The molecule has 0 saturated carbocycles. The Bertz CT molecular complexity index is 746. The van der Waals surface area contributed by atoms with Crippen LogP contribution in [0.4, 0.5) is 11.4 Å². The highest BCUT2D eigenvalue weighted by molar-refractivity contribution is 6.03. The van der Waals surface area contributed by atoms with Crippen LogP contribution in [0, 0.1) is 0 Å². The van der Waals surface area contributed by atoms with Crippen molar-refractivity contribution in [2.24, 2.45) is 0 Å². The van der Waals surface area contributed by atoms with Gasteiger partial charge >= 0.3 is 0 Å². The molecule has 0 unspecified atom stereocenters. The molecule has 7 heteroatoms. The second-order valence-electron chi connectivity index (χ2n) is 5.18. The molecular weight excluding hydrogens is 310 g/mol. The molecule has 3 rings (SSSR count). The van der Waals surface area contributed by atoms with Crippen molar-refractivity contribution < 1.29 is 19.1 Å². The van der Waals surface area contributed by atoms with Crippen LogP contribution in [-0.2, 0) is 9.59 Å². The van der Waals surface area contributed by atoms with E-state index in [4.69, 9.17) is 9.47 Å². The number of carbonyl (C=O) groups is 2. The van der Waals surface area contributed by atoms with Crippen molar-refractivity contribution >= 4 is 23.2 Å². The van der Waals surface area contributed by atoms with Crippen LogP contribution in [0.25, 0.3) is 0 Å². The summed E-state index contributed by atoms with van der Waals surface area (Å²) in [6.45, 7) is 0.210. The zero-order valence-electron chi connectivity index (χ0n) is 13.2. The highest BCUT2D eigenvalue weighted by atomic mass is 16.5. The fourth-order valence-electron chi connectivity index (χ4n) is 2.41. The monoisotopic (exact) mass is 327 g/mol. The number of benzene rings is 1. The zero-order chi connectivity index (χ0) is 16.9. The Morgan fingerprint density at radius 2 is 2.17 bits per heavy atom. The summed E-state index contributed by atoms with van der Waals surface area (Å²) in [5.74, 6) is 0.596. The van der Waals surface area contributed by atoms with E-state index in [1.54, 1.807) is 30.3 Å². The van der Waals surface area contributed by atoms with Crippen molar-refractivity contribution in [2.45, 2.75) is 6.42 Å². The molecule has 7 nitrogen and oxygen atoms in total. The molecule has 0 aliphatic carbocycles. The highest BCUT2D eigenvalue weighted by Crippen LogP contribution is 2.30. The first-order valence-electron chi connectivity index (χ1n) is 7.49. The Morgan fingerprint density at radius 1 is 1.33 bits per heavy atom. The molecule has 1 aliphatic rings. The first-order chi connectivity index (χ1) is 11.7. The lowest BCUT2D eigenvalue weighted by Crippen LogP contribution is -2.37. The van der Waals surface area contributed by atoms with Crippen LogP contribution in [0.2, 0.25) is 0 Å². The standard InChI is InChI=1S/C17H17N3O4/c1-23-16-7-6-12(10-18-16)19-15(21)11-20-13-4-2-3-5-14(13)24-9-8-17(20)22/h2-7,10H,8-9,11H2,1H3,(H,19,21). The molecule has 124 valence electrons. The SMILES string of the molecule is COc1ccc(NC(=O)CN2C(=O)CCOc3ccccc32)cn1. The summed E-state index contributed by atoms with van der Waals surface area (Å²) in [5.41, 5.74) is 1.13. The first kappa shape index (κ1) is 15.8. The molecule has 2 amide bonds. The number of nitrogens with zero attached hydrogens (tertiary/aromatic N) is 2. The fraction of sp³-hybridized carbons (Fsp3) is 0.235. The molecule has 0 radical (unpaired) electrons. The second kappa shape index (κ2) is 6.99. The quantitative estimate of drug-likeness (QED) is 0.927. The summed E-state index contributed by atoms with van der Waals surface area (Å²) in [7, 11) is 1.52. The van der Waals surface area contributed by atoms with Crippen molar-refractivity contribution in [3.05, 3.63) is 42.6 Å². The Balaban J connectivity index is 1.73. The van der Waals surface area contributed by atoms with Gasteiger partial charge in [0.2, 0.25) is 17.7 Å². The Labute approximate surface area is 139 Å². The number of nitrogens with one attached hydrogen (secondary N) is 1. The summed E-state index contributed by atoms with van der Waals surface area (Å²) in [6, 6.07) is 10.5. The van der Waals surface area contributed by atoms with E-state index in [9.17, 15) is 9.59 Å². The topological polar surface area (TPSA) is 80.8 Å². The Morgan fingerprint density at radius 3 is 2.92 bits per heavy atom. The van der Waals surface area contributed by atoms with E-state index < -0.39 is 0 Å². The van der Waals surface area contributed by atoms with E-state index in [2.05, 4.69) is 10.3 Å². The summed E-state index contributed by atoms with van der Waals surface area (Å²) in [5, 5.41) is 2.72. The predicted molar refractivity (Wildman–Crippen MR) is 88.3 cm³/mol. The fourth-order valence-corrected chi connectivity index (χ4v) is 2.41. The number of aromatic nitrogens is 1. The lowest BCUT2D eigenvalue weighted by Gasteiger charge is -2.21. The molecule has 2 aromatic rings. The number of rotatable bonds is 4. The van der Waals surface area contributed by atoms with Crippen molar-refractivity contribution in [1.29, 1.82) is 0 Å². The first-order valence-corrected chi connectivity index (χ1v) is 7.49. The minimum atomic E-state index is -0.313. The van der Waals surface area contributed by atoms with Gasteiger partial charge in [0.1, 0.15) is 12.3 Å². The molecule has 1 aromatic carbocycles. The molecule has 0 atom stereocenters. The summed E-state index contributed by atoms with van der Waals surface area (Å²) in [6.07, 6.45) is 1.73. The number of carbonyl (C=O) groups excluding carboxylic acids is 2. The average molecular weight is 327 g/mol. The van der Waals surface area contributed by atoms with Gasteiger partial charge in [-0.05, 0) is 18.2 Å². The number of methoxy groups -OCH3 is 1. The van der Waals surface area contributed by atoms with Crippen molar-refractivity contribution in [1.82, 2.24) is 4.98 Å². The van der Waals surface area contributed by atoms with E-state index in [1.165, 1.54) is 18.2 Å². The van der Waals surface area contributed by atoms with Gasteiger partial charge in [-0.2, -0.15) is 0 Å². The van der Waals surface area contributed by atoms with Crippen LogP contribution in [0.15, 0.2) is 42.6 Å². The number of pyridine rings is 1. The van der Waals surface area contributed by atoms with E-state index >= 15 is 0 Å². The van der Waals surface area contributed by atoms with Crippen molar-refractivity contribution in [2.75, 3.05) is 30.5 Å². The Kier molecular flexibility index (Phi) is 4.60. The maximum absolute atomic E-state index is 12.3. The number of anilines is 2. The molecule has 1 N–H and O–H groups in total. The van der Waals surface area contributed by atoms with E-state index in [0.29, 0.717) is 29.6 Å². The van der Waals surface area contributed by atoms with Crippen molar-refractivity contribution in [3.63, 3.8) is 0 Å². The number of ether oxygens (including phenoxy) is 2. The van der Waals surface area contributed by atoms with Gasteiger partial charge in [0.15, 0.2) is 0 Å². The van der Waals surface area contributed by atoms with Gasteiger partial charge in [-0.25, -0.2) is 4.98 Å². The molecule has 2 heterocycles. The van der Waals surface area contributed by atoms with Gasteiger partial charge in [0.25, 0.3) is 0 Å². The summed E-state index contributed by atoms with van der Waals surface area (Å²) in [4.78, 5) is 30.0. The zero-order valence-corrected chi connectivity index (χ0v) is 13.2. The van der Waals surface area contributed by atoms with E-state index in [1.807, 2.05) is 6.07 Å². The summed E-state index contributed by atoms with van der Waals surface area (Å²) < 4.78 is 10.5. The summed E-state index contributed by atoms with van der Waals surface area (Å²) >= 11 is 0. The molecule has 0 bridgehead atoms. The van der Waals surface area contributed by atoms with Gasteiger partial charge in [-0.1, -0.05) is 12.1 Å². The third kappa shape index (κ3) is 3.45. The maximum atomic E-state index is 12.3. The van der Waals surface area contributed by atoms with Crippen LogP contribution in [0.3, 0.4) is 0 Å². The number of hydrogen-bond donors (Lipinski definition) is 1. The molecule has 1 aliphatic heterocycles. The Hall–Kier alpha value is -3.09. The number of hydrogen-bond acceptors (Lipinski definition) is 5.